The fourth-order valence-corrected chi connectivity index (χ4v) is 5.74. The van der Waals surface area contributed by atoms with E-state index < -0.39 is 10.0 Å². The van der Waals surface area contributed by atoms with Crippen LogP contribution in [0.4, 0.5) is 5.69 Å². The lowest BCUT2D eigenvalue weighted by Crippen LogP contribution is -2.49. The highest BCUT2D eigenvalue weighted by Crippen LogP contribution is 2.39. The van der Waals surface area contributed by atoms with Gasteiger partial charge in [0.2, 0.25) is 15.8 Å². The Labute approximate surface area is 220 Å². The van der Waals surface area contributed by atoms with Crippen LogP contribution in [0.25, 0.3) is 0 Å². The maximum atomic E-state index is 12.9. The number of aryl methyl sites for hydroxylation is 1. The third-order valence-corrected chi connectivity index (χ3v) is 7.99. The monoisotopic (exact) mass is 533 g/mol. The Bertz CT molecular complexity index is 1120. The van der Waals surface area contributed by atoms with Crippen molar-refractivity contribution in [3.05, 3.63) is 47.5 Å². The molecule has 1 heterocycles. The molecule has 2 aromatic carbocycles. The van der Waals surface area contributed by atoms with Crippen LogP contribution in [0.5, 0.6) is 17.2 Å². The van der Waals surface area contributed by atoms with E-state index in [1.807, 2.05) is 26.8 Å². The number of carbonyl (C=O) groups excluding carboxylic acids is 1. The van der Waals surface area contributed by atoms with E-state index in [0.29, 0.717) is 75.2 Å². The Morgan fingerprint density at radius 2 is 1.54 bits per heavy atom. The summed E-state index contributed by atoms with van der Waals surface area (Å²) in [6.45, 7) is 11.3. The molecule has 37 heavy (non-hydrogen) atoms. The first-order valence-electron chi connectivity index (χ1n) is 12.9. The van der Waals surface area contributed by atoms with E-state index in [1.54, 1.807) is 16.4 Å². The Balaban J connectivity index is 1.53. The maximum Gasteiger partial charge on any atom is 0.251 e. The molecule has 1 amide bonds. The van der Waals surface area contributed by atoms with Crippen molar-refractivity contribution < 1.29 is 27.4 Å². The minimum Gasteiger partial charge on any atom is -0.490 e. The number of hydrogen-bond acceptors (Lipinski definition) is 7. The summed E-state index contributed by atoms with van der Waals surface area (Å²) in [6.07, 6.45) is 0.319. The van der Waals surface area contributed by atoms with Crippen LogP contribution in [0.3, 0.4) is 0 Å². The number of sulfonamides is 1. The van der Waals surface area contributed by atoms with Gasteiger partial charge in [-0.25, -0.2) is 8.42 Å². The van der Waals surface area contributed by atoms with Crippen molar-refractivity contribution in [3.63, 3.8) is 0 Å². The van der Waals surface area contributed by atoms with Gasteiger partial charge in [-0.05, 0) is 63.9 Å². The molecule has 0 atom stereocenters. The number of ether oxygens (including phenoxy) is 3. The average Bonchev–Trinajstić information content (AvgIpc) is 2.88. The van der Waals surface area contributed by atoms with Gasteiger partial charge in [-0.15, -0.1) is 0 Å². The van der Waals surface area contributed by atoms with E-state index in [0.717, 1.165) is 5.69 Å². The number of benzene rings is 2. The van der Waals surface area contributed by atoms with Crippen LogP contribution in [0.2, 0.25) is 0 Å². The Hall–Kier alpha value is -2.98. The van der Waals surface area contributed by atoms with Crippen molar-refractivity contribution in [2.75, 3.05) is 63.2 Å². The molecule has 1 saturated heterocycles. The topological polar surface area (TPSA) is 97.4 Å². The third-order valence-electron chi connectivity index (χ3n) is 6.03. The van der Waals surface area contributed by atoms with Gasteiger partial charge >= 0.3 is 0 Å². The van der Waals surface area contributed by atoms with Gasteiger partial charge in [0.25, 0.3) is 5.91 Å². The number of nitrogens with zero attached hydrogens (tertiary/aromatic N) is 2. The fourth-order valence-electron chi connectivity index (χ4n) is 4.26. The van der Waals surface area contributed by atoms with Crippen LogP contribution in [-0.2, 0) is 10.0 Å². The molecule has 0 aromatic heterocycles. The summed E-state index contributed by atoms with van der Waals surface area (Å²) < 4.78 is 44.3. The second-order valence-electron chi connectivity index (χ2n) is 8.75. The molecule has 0 radical (unpaired) electrons. The van der Waals surface area contributed by atoms with Crippen LogP contribution in [0, 0.1) is 6.92 Å². The first-order chi connectivity index (χ1) is 17.8. The van der Waals surface area contributed by atoms with E-state index >= 15 is 0 Å². The highest BCUT2D eigenvalue weighted by atomic mass is 32.2. The van der Waals surface area contributed by atoms with Gasteiger partial charge < -0.3 is 24.4 Å². The van der Waals surface area contributed by atoms with Crippen LogP contribution in [0.1, 0.15) is 43.1 Å². The van der Waals surface area contributed by atoms with E-state index in [2.05, 4.69) is 35.3 Å². The molecule has 9 nitrogen and oxygen atoms in total. The zero-order valence-corrected chi connectivity index (χ0v) is 23.1. The SMILES string of the molecule is CCOc1cc(C(=O)NCCCS(=O)(=O)N2CCN(c3cccc(C)c3)CC2)cc(OCC)c1OCC. The molecule has 0 saturated carbocycles. The molecular formula is C27H39N3O6S. The summed E-state index contributed by atoms with van der Waals surface area (Å²) in [7, 11) is -3.40. The first kappa shape index (κ1) is 28.6. The van der Waals surface area contributed by atoms with Crippen molar-refractivity contribution in [1.29, 1.82) is 0 Å². The normalized spacial score (nSPS) is 14.3. The molecule has 0 unspecified atom stereocenters. The lowest BCUT2D eigenvalue weighted by molar-refractivity contribution is 0.0952. The summed E-state index contributed by atoms with van der Waals surface area (Å²) in [5, 5.41) is 2.82. The number of amides is 1. The van der Waals surface area contributed by atoms with Crippen molar-refractivity contribution in [3.8, 4) is 17.2 Å². The number of rotatable bonds is 13. The molecule has 10 heteroatoms. The minimum absolute atomic E-state index is 0.0185. The molecule has 0 aliphatic carbocycles. The summed E-state index contributed by atoms with van der Waals surface area (Å²) >= 11 is 0. The molecule has 1 N–H and O–H groups in total. The van der Waals surface area contributed by atoms with Crippen molar-refractivity contribution in [2.45, 2.75) is 34.1 Å². The molecule has 204 valence electrons. The molecule has 0 bridgehead atoms. The first-order valence-corrected chi connectivity index (χ1v) is 14.5. The predicted octanol–water partition coefficient (Wildman–Crippen LogP) is 3.46. The minimum atomic E-state index is -3.40. The van der Waals surface area contributed by atoms with Crippen LogP contribution >= 0.6 is 0 Å². The predicted molar refractivity (Wildman–Crippen MR) is 146 cm³/mol. The Morgan fingerprint density at radius 1 is 0.919 bits per heavy atom. The fraction of sp³-hybridized carbons (Fsp3) is 0.519. The molecule has 1 aliphatic rings. The van der Waals surface area contributed by atoms with Gasteiger partial charge in [0, 0.05) is 44.0 Å². The quantitative estimate of drug-likeness (QED) is 0.394. The van der Waals surface area contributed by atoms with Crippen molar-refractivity contribution in [1.82, 2.24) is 9.62 Å². The highest BCUT2D eigenvalue weighted by molar-refractivity contribution is 7.89. The Kier molecular flexibility index (Phi) is 10.5. The summed E-state index contributed by atoms with van der Waals surface area (Å²) in [6, 6.07) is 11.5. The molecule has 1 aliphatic heterocycles. The standard InChI is InChI=1S/C27H39N3O6S/c1-5-34-24-19-22(20-25(35-6-2)26(24)36-7-3)27(31)28-12-9-17-37(32,33)30-15-13-29(14-16-30)23-11-8-10-21(4)18-23/h8,10-11,18-20H,5-7,9,12-17H2,1-4H3,(H,28,31). The van der Waals surface area contributed by atoms with Crippen molar-refractivity contribution >= 4 is 21.6 Å². The molecule has 3 rings (SSSR count). The summed E-state index contributed by atoms with van der Waals surface area (Å²) in [5.74, 6) is 1.00. The van der Waals surface area contributed by atoms with Gasteiger partial charge in [-0.1, -0.05) is 12.1 Å². The molecule has 0 spiro atoms. The zero-order valence-electron chi connectivity index (χ0n) is 22.3. The Morgan fingerprint density at radius 3 is 2.11 bits per heavy atom. The number of anilines is 1. The van der Waals surface area contributed by atoms with Crippen LogP contribution < -0.4 is 24.4 Å². The number of piperazine rings is 1. The van der Waals surface area contributed by atoms with E-state index in [-0.39, 0.29) is 18.2 Å². The maximum absolute atomic E-state index is 12.9. The number of hydrogen-bond donors (Lipinski definition) is 1. The van der Waals surface area contributed by atoms with Gasteiger partial charge in [-0.2, -0.15) is 4.31 Å². The lowest BCUT2D eigenvalue weighted by Gasteiger charge is -2.35. The second kappa shape index (κ2) is 13.5. The largest absolute Gasteiger partial charge is 0.490 e. The molecule has 2 aromatic rings. The zero-order chi connectivity index (χ0) is 26.8. The lowest BCUT2D eigenvalue weighted by atomic mass is 10.1. The van der Waals surface area contributed by atoms with E-state index in [1.165, 1.54) is 5.56 Å². The van der Waals surface area contributed by atoms with Crippen molar-refractivity contribution in [2.24, 2.45) is 0 Å². The smallest absolute Gasteiger partial charge is 0.251 e. The molecule has 1 fully saturated rings. The van der Waals surface area contributed by atoms with E-state index in [4.69, 9.17) is 14.2 Å². The number of nitrogens with one attached hydrogen (secondary N) is 1. The van der Waals surface area contributed by atoms with E-state index in [9.17, 15) is 13.2 Å². The molecular weight excluding hydrogens is 494 g/mol. The van der Waals surface area contributed by atoms with Gasteiger partial charge in [0.1, 0.15) is 0 Å². The van der Waals surface area contributed by atoms with Crippen LogP contribution in [-0.4, -0.2) is 76.9 Å². The third kappa shape index (κ3) is 7.75. The average molecular weight is 534 g/mol. The van der Waals surface area contributed by atoms with Gasteiger partial charge in [-0.3, -0.25) is 4.79 Å². The van der Waals surface area contributed by atoms with Gasteiger partial charge in [0.05, 0.1) is 25.6 Å². The highest BCUT2D eigenvalue weighted by Gasteiger charge is 2.27. The summed E-state index contributed by atoms with van der Waals surface area (Å²) in [5.41, 5.74) is 2.67. The van der Waals surface area contributed by atoms with Gasteiger partial charge in [0.15, 0.2) is 11.5 Å². The second-order valence-corrected chi connectivity index (χ2v) is 10.8. The number of carbonyl (C=O) groups is 1. The van der Waals surface area contributed by atoms with Crippen LogP contribution in [0.15, 0.2) is 36.4 Å². The summed E-state index contributed by atoms with van der Waals surface area (Å²) in [4.78, 5) is 15.0.